The van der Waals surface area contributed by atoms with Gasteiger partial charge in [0.05, 0.1) is 0 Å². The van der Waals surface area contributed by atoms with Crippen molar-refractivity contribution in [2.24, 2.45) is 0 Å². The highest BCUT2D eigenvalue weighted by atomic mass is 127. The molecule has 0 saturated heterocycles. The van der Waals surface area contributed by atoms with Gasteiger partial charge in [-0.25, -0.2) is 0 Å². The first kappa shape index (κ1) is 17.9. The van der Waals surface area contributed by atoms with Gasteiger partial charge >= 0.3 is 0 Å². The molecule has 0 saturated carbocycles. The number of hydrogen-bond acceptors (Lipinski definition) is 0. The van der Waals surface area contributed by atoms with Gasteiger partial charge in [0.15, 0.2) is 9.79 Å². The summed E-state index contributed by atoms with van der Waals surface area (Å²) < 4.78 is 0. The lowest BCUT2D eigenvalue weighted by Gasteiger charge is -2.19. The molecule has 0 unspecified atom stereocenters. The Balaban J connectivity index is 2.23. The maximum Gasteiger partial charge on any atom is 0.264 e. The Morgan fingerprint density at radius 3 is 1.09 bits per heavy atom. The van der Waals surface area contributed by atoms with E-state index in [1.165, 1.54) is 20.9 Å². The van der Waals surface area contributed by atoms with Crippen LogP contribution in [-0.2, 0) is 18.9 Å². The van der Waals surface area contributed by atoms with Gasteiger partial charge in [-0.1, -0.05) is 65.8 Å². The predicted molar refractivity (Wildman–Crippen MR) is 108 cm³/mol. The average Bonchev–Trinajstić information content (AvgIpc) is 2.45. The van der Waals surface area contributed by atoms with E-state index in [1.807, 2.05) is 0 Å². The van der Waals surface area contributed by atoms with Crippen molar-refractivity contribution in [3.63, 3.8) is 0 Å². The van der Waals surface area contributed by atoms with E-state index in [0.717, 1.165) is 0 Å². The van der Waals surface area contributed by atoms with Gasteiger partial charge in [-0.15, -0.1) is 0 Å². The molecular weight excluding hydrogens is 399 g/mol. The Hall–Kier alpha value is -0.480. The maximum atomic E-state index is 2.57. The molecule has 0 fully saturated rings. The minimum atomic E-state index is 0.103. The minimum absolute atomic E-state index is 0.103. The highest BCUT2D eigenvalue weighted by molar-refractivity contribution is 14.2. The van der Waals surface area contributed by atoms with Gasteiger partial charge in [0.2, 0.25) is 0 Å². The van der Waals surface area contributed by atoms with Crippen LogP contribution in [0.3, 0.4) is 0 Å². The van der Waals surface area contributed by atoms with Crippen molar-refractivity contribution in [2.45, 2.75) is 62.2 Å². The Morgan fingerprint density at radius 2 is 0.864 bits per heavy atom. The third-order valence-electron chi connectivity index (χ3n) is 3.85. The van der Waals surface area contributed by atoms with E-state index in [0.29, 0.717) is 0 Å². The van der Waals surface area contributed by atoms with E-state index >= 15 is 0 Å². The SMILES string of the molecule is CC(C)(C)c1ccc([S+](I)c2ccc(C(C)(C)C)cc2)cc1. The molecule has 2 heteroatoms. The Labute approximate surface area is 150 Å². The summed E-state index contributed by atoms with van der Waals surface area (Å²) >= 11 is 2.57. The van der Waals surface area contributed by atoms with Gasteiger partial charge in [-0.3, -0.25) is 0 Å². The average molecular weight is 425 g/mol. The van der Waals surface area contributed by atoms with Crippen molar-refractivity contribution in [3.8, 4) is 0 Å². The molecule has 0 aliphatic rings. The molecule has 0 N–H and O–H groups in total. The number of hydrogen-bond donors (Lipinski definition) is 0. The molecule has 2 aromatic rings. The van der Waals surface area contributed by atoms with E-state index in [4.69, 9.17) is 0 Å². The number of rotatable bonds is 2. The van der Waals surface area contributed by atoms with E-state index in [-0.39, 0.29) is 18.9 Å². The third-order valence-corrected chi connectivity index (χ3v) is 8.28. The van der Waals surface area contributed by atoms with Crippen LogP contribution in [0.15, 0.2) is 58.3 Å². The fourth-order valence-corrected chi connectivity index (χ4v) is 5.07. The largest absolute Gasteiger partial charge is 0.264 e. The summed E-state index contributed by atoms with van der Waals surface area (Å²) in [6, 6.07) is 18.2. The van der Waals surface area contributed by atoms with Crippen LogP contribution in [0.4, 0.5) is 0 Å². The van der Waals surface area contributed by atoms with E-state index in [9.17, 15) is 0 Å². The molecule has 0 heterocycles. The molecule has 0 aromatic heterocycles. The van der Waals surface area contributed by atoms with Crippen molar-refractivity contribution < 1.29 is 0 Å². The fraction of sp³-hybridized carbons (Fsp3) is 0.400. The quantitative estimate of drug-likeness (QED) is 0.373. The number of benzene rings is 2. The lowest BCUT2D eigenvalue weighted by Crippen LogP contribution is -2.11. The lowest BCUT2D eigenvalue weighted by atomic mass is 9.87. The monoisotopic (exact) mass is 425 g/mol. The summed E-state index contributed by atoms with van der Waals surface area (Å²) in [5.41, 5.74) is 3.23. The summed E-state index contributed by atoms with van der Waals surface area (Å²) in [4.78, 5) is 2.80. The van der Waals surface area contributed by atoms with Crippen molar-refractivity contribution in [3.05, 3.63) is 59.7 Å². The standard InChI is InChI=1S/C20H26IS/c1-19(2,3)15-7-11-17(12-8-15)22(21)18-13-9-16(10-14-18)20(4,5)6/h7-14H,1-6H3/q+1. The predicted octanol–water partition coefficient (Wildman–Crippen LogP) is 6.67. The Bertz CT molecular complexity index is 555. The Kier molecular flexibility index (Phi) is 5.33. The highest BCUT2D eigenvalue weighted by Crippen LogP contribution is 2.33. The highest BCUT2D eigenvalue weighted by Gasteiger charge is 2.24. The van der Waals surface area contributed by atoms with Gasteiger partial charge in [0.1, 0.15) is 8.07 Å². The van der Waals surface area contributed by atoms with E-state index < -0.39 is 0 Å². The molecule has 118 valence electrons. The summed E-state index contributed by atoms with van der Waals surface area (Å²) in [6.07, 6.45) is 0. The fourth-order valence-electron chi connectivity index (χ4n) is 2.28. The number of halogens is 1. The molecule has 22 heavy (non-hydrogen) atoms. The van der Waals surface area contributed by atoms with Gasteiger partial charge < -0.3 is 0 Å². The van der Waals surface area contributed by atoms with Crippen molar-refractivity contribution in [2.75, 3.05) is 0 Å². The molecule has 0 spiro atoms. The second-order valence-corrected chi connectivity index (χ2v) is 11.9. The summed E-state index contributed by atoms with van der Waals surface area (Å²) in [6.45, 7) is 13.6. The molecular formula is C20H26IS+. The molecule has 0 aliphatic carbocycles. The van der Waals surface area contributed by atoms with Crippen LogP contribution in [0, 0.1) is 0 Å². The van der Waals surface area contributed by atoms with Gasteiger partial charge in [0.25, 0.3) is 21.2 Å². The third kappa shape index (κ3) is 4.29. The smallest absolute Gasteiger partial charge is 0.0561 e. The summed E-state index contributed by atoms with van der Waals surface area (Å²) in [5, 5.41) is 0. The van der Waals surface area contributed by atoms with Crippen LogP contribution < -0.4 is 0 Å². The molecule has 0 nitrogen and oxygen atoms in total. The van der Waals surface area contributed by atoms with E-state index in [1.54, 1.807) is 0 Å². The van der Waals surface area contributed by atoms with Crippen LogP contribution >= 0.6 is 21.2 Å². The molecule has 0 radical (unpaired) electrons. The van der Waals surface area contributed by atoms with Gasteiger partial charge in [-0.05, 0) is 46.2 Å². The molecule has 0 atom stereocenters. The first-order chi connectivity index (χ1) is 10.1. The van der Waals surface area contributed by atoms with Crippen LogP contribution in [0.25, 0.3) is 0 Å². The zero-order chi connectivity index (χ0) is 16.5. The topological polar surface area (TPSA) is 0 Å². The summed E-state index contributed by atoms with van der Waals surface area (Å²) in [5.74, 6) is 0. The summed E-state index contributed by atoms with van der Waals surface area (Å²) in [7, 11) is 0.103. The van der Waals surface area contributed by atoms with Crippen molar-refractivity contribution in [1.29, 1.82) is 0 Å². The zero-order valence-electron chi connectivity index (χ0n) is 14.4. The van der Waals surface area contributed by atoms with E-state index in [2.05, 4.69) is 111 Å². The second kappa shape index (κ2) is 6.56. The second-order valence-electron chi connectivity index (χ2n) is 7.81. The van der Waals surface area contributed by atoms with Crippen molar-refractivity contribution in [1.82, 2.24) is 0 Å². The first-order valence-corrected chi connectivity index (χ1v) is 11.5. The van der Waals surface area contributed by atoms with Crippen LogP contribution in [0.5, 0.6) is 0 Å². The van der Waals surface area contributed by atoms with Gasteiger partial charge in [0, 0.05) is 0 Å². The van der Waals surface area contributed by atoms with Crippen LogP contribution in [0.1, 0.15) is 52.7 Å². The van der Waals surface area contributed by atoms with Gasteiger partial charge in [-0.2, -0.15) is 0 Å². The first-order valence-electron chi connectivity index (χ1n) is 7.71. The minimum Gasteiger partial charge on any atom is -0.0561 e. The maximum absolute atomic E-state index is 2.57. The van der Waals surface area contributed by atoms with Crippen LogP contribution in [-0.4, -0.2) is 0 Å². The lowest BCUT2D eigenvalue weighted by molar-refractivity contribution is 0.589. The zero-order valence-corrected chi connectivity index (χ0v) is 17.4. The normalized spacial score (nSPS) is 12.7. The van der Waals surface area contributed by atoms with Crippen molar-refractivity contribution >= 4 is 29.3 Å². The molecule has 2 aromatic carbocycles. The molecule has 0 aliphatic heterocycles. The molecule has 0 amide bonds. The van der Waals surface area contributed by atoms with Crippen LogP contribution in [0.2, 0.25) is 0 Å². The molecule has 2 rings (SSSR count). The Morgan fingerprint density at radius 1 is 0.591 bits per heavy atom. The molecule has 0 bridgehead atoms.